The fourth-order valence-electron chi connectivity index (χ4n) is 8.49. The molecule has 2 fully saturated rings. The van der Waals surface area contributed by atoms with E-state index >= 15 is 8.78 Å². The Bertz CT molecular complexity index is 2610. The Balaban J connectivity index is 0.904. The number of piperidine rings is 2. The summed E-state index contributed by atoms with van der Waals surface area (Å²) in [6.07, 6.45) is 3.14. The Labute approximate surface area is 317 Å². The Morgan fingerprint density at radius 3 is 2.55 bits per heavy atom. The second kappa shape index (κ2) is 13.7. The smallest absolute Gasteiger partial charge is 0.272 e. The Kier molecular flexibility index (Phi) is 8.68. The van der Waals surface area contributed by atoms with E-state index in [0.29, 0.717) is 71.8 Å². The molecule has 3 atom stereocenters. The van der Waals surface area contributed by atoms with Crippen LogP contribution in [-0.2, 0) is 29.7 Å². The van der Waals surface area contributed by atoms with Gasteiger partial charge in [0, 0.05) is 43.5 Å². The third kappa shape index (κ3) is 6.17. The minimum atomic E-state index is -0.819. The molecular formula is C40H34F3N9O4. The first-order valence-corrected chi connectivity index (χ1v) is 18.3. The zero-order valence-corrected chi connectivity index (χ0v) is 30.0. The molecule has 2 saturated heterocycles. The highest BCUT2D eigenvalue weighted by Crippen LogP contribution is 2.46. The molecule has 13 nitrogen and oxygen atoms in total. The lowest BCUT2D eigenvalue weighted by Gasteiger charge is -2.33. The molecule has 3 N–H and O–H groups in total. The fourth-order valence-corrected chi connectivity index (χ4v) is 8.49. The van der Waals surface area contributed by atoms with Crippen molar-refractivity contribution in [2.45, 2.75) is 56.8 Å². The molecule has 16 heteroatoms. The van der Waals surface area contributed by atoms with Crippen molar-refractivity contribution in [3.8, 4) is 11.8 Å². The minimum absolute atomic E-state index is 0.0153. The number of nitrogens with zero attached hydrogens (tertiary/aromatic N) is 6. The molecule has 2 aromatic heterocycles. The second-order valence-corrected chi connectivity index (χ2v) is 14.7. The number of aryl methyl sites for hydroxylation is 1. The molecule has 5 aromatic rings. The molecule has 4 aliphatic heterocycles. The molecule has 284 valence electrons. The summed E-state index contributed by atoms with van der Waals surface area (Å²) >= 11 is 0. The Hall–Kier alpha value is -6.34. The van der Waals surface area contributed by atoms with E-state index in [2.05, 4.69) is 47.7 Å². The van der Waals surface area contributed by atoms with Gasteiger partial charge in [0.05, 0.1) is 34.2 Å². The predicted molar refractivity (Wildman–Crippen MR) is 195 cm³/mol. The largest absolute Gasteiger partial charge is 0.376 e. The highest BCUT2D eigenvalue weighted by molar-refractivity contribution is 6.05. The van der Waals surface area contributed by atoms with Crippen molar-refractivity contribution in [2.24, 2.45) is 13.0 Å². The summed E-state index contributed by atoms with van der Waals surface area (Å²) < 4.78 is 46.9. The molecule has 0 aliphatic carbocycles. The number of hydrogen-bond donors (Lipinski definition) is 3. The van der Waals surface area contributed by atoms with Crippen LogP contribution in [-0.4, -0.2) is 71.6 Å². The number of halogens is 3. The summed E-state index contributed by atoms with van der Waals surface area (Å²) in [6, 6.07) is 8.90. The van der Waals surface area contributed by atoms with Crippen molar-refractivity contribution in [2.75, 3.05) is 18.4 Å². The summed E-state index contributed by atoms with van der Waals surface area (Å²) in [4.78, 5) is 57.7. The van der Waals surface area contributed by atoms with Gasteiger partial charge in [-0.25, -0.2) is 23.3 Å². The topological polar surface area (TPSA) is 158 Å². The quantitative estimate of drug-likeness (QED) is 0.179. The van der Waals surface area contributed by atoms with Crippen LogP contribution < -0.4 is 16.2 Å². The van der Waals surface area contributed by atoms with Gasteiger partial charge in [0.25, 0.3) is 11.5 Å². The summed E-state index contributed by atoms with van der Waals surface area (Å²) in [7, 11) is 1.74. The summed E-state index contributed by atoms with van der Waals surface area (Å²) in [5.74, 6) is 3.06. The summed E-state index contributed by atoms with van der Waals surface area (Å²) in [6.45, 7) is 1.89. The second-order valence-electron chi connectivity index (χ2n) is 14.7. The molecule has 1 unspecified atom stereocenters. The number of carbonyl (C=O) groups is 3. The first-order valence-electron chi connectivity index (χ1n) is 18.3. The number of nitrogens with one attached hydrogen (secondary N) is 3. The fraction of sp³-hybridized carbons (Fsp3) is 0.325. The number of rotatable bonds is 5. The van der Waals surface area contributed by atoms with E-state index in [1.54, 1.807) is 23.9 Å². The van der Waals surface area contributed by atoms with Crippen molar-refractivity contribution >= 4 is 34.2 Å². The van der Waals surface area contributed by atoms with E-state index in [0.717, 1.165) is 0 Å². The van der Waals surface area contributed by atoms with Crippen LogP contribution >= 0.6 is 0 Å². The molecule has 0 spiro atoms. The van der Waals surface area contributed by atoms with Gasteiger partial charge < -0.3 is 10.2 Å². The van der Waals surface area contributed by atoms with E-state index in [1.165, 1.54) is 35.5 Å². The zero-order chi connectivity index (χ0) is 38.8. The van der Waals surface area contributed by atoms with Crippen LogP contribution in [0.25, 0.3) is 10.8 Å². The maximum Gasteiger partial charge on any atom is 0.272 e. The zero-order valence-electron chi connectivity index (χ0n) is 30.0. The van der Waals surface area contributed by atoms with Gasteiger partial charge in [-0.3, -0.25) is 34.1 Å². The van der Waals surface area contributed by atoms with E-state index in [9.17, 15) is 23.6 Å². The monoisotopic (exact) mass is 761 g/mol. The SMILES string of the molecule is Cn1ncnc1[C@H]1c2n[nH]c(=O)c3cc(F)cc(c23)N[C@@H]1c1ccc(F)c(C#CC2CCN(Cc3cc(F)c4c(c3)CN(C3CCC(=O)NC3=O)C4=O)CC2)c1. The van der Waals surface area contributed by atoms with Gasteiger partial charge in [0.15, 0.2) is 0 Å². The number of H-pyrrole nitrogens is 1. The number of aromatic amines is 1. The molecule has 3 amide bonds. The van der Waals surface area contributed by atoms with Crippen LogP contribution in [0.1, 0.15) is 81.8 Å². The van der Waals surface area contributed by atoms with Gasteiger partial charge in [-0.1, -0.05) is 24.0 Å². The van der Waals surface area contributed by atoms with Crippen LogP contribution in [0.2, 0.25) is 0 Å². The average molecular weight is 762 g/mol. The molecule has 6 heterocycles. The van der Waals surface area contributed by atoms with Crippen LogP contribution in [0.15, 0.2) is 53.6 Å². The lowest BCUT2D eigenvalue weighted by Crippen LogP contribution is -2.52. The third-order valence-electron chi connectivity index (χ3n) is 11.2. The molecule has 0 radical (unpaired) electrons. The predicted octanol–water partition coefficient (Wildman–Crippen LogP) is 3.79. The lowest BCUT2D eigenvalue weighted by atomic mass is 9.83. The van der Waals surface area contributed by atoms with E-state index in [-0.39, 0.29) is 47.7 Å². The highest BCUT2D eigenvalue weighted by atomic mass is 19.1. The van der Waals surface area contributed by atoms with Crippen molar-refractivity contribution in [3.63, 3.8) is 0 Å². The van der Waals surface area contributed by atoms with Gasteiger partial charge >= 0.3 is 0 Å². The first-order chi connectivity index (χ1) is 27.0. The molecule has 0 bridgehead atoms. The van der Waals surface area contributed by atoms with E-state index in [1.807, 2.05) is 6.07 Å². The van der Waals surface area contributed by atoms with Gasteiger partial charge in [0.2, 0.25) is 11.8 Å². The summed E-state index contributed by atoms with van der Waals surface area (Å²) in [5, 5.41) is 17.4. The molecule has 0 saturated carbocycles. The number of benzene rings is 3. The maximum atomic E-state index is 15.3. The van der Waals surface area contributed by atoms with Crippen molar-refractivity contribution in [1.82, 2.24) is 40.1 Å². The number of imide groups is 1. The van der Waals surface area contributed by atoms with E-state index in [4.69, 9.17) is 0 Å². The number of anilines is 1. The van der Waals surface area contributed by atoms with Crippen molar-refractivity contribution in [1.29, 1.82) is 0 Å². The molecular weight excluding hydrogens is 727 g/mol. The number of hydrogen-bond acceptors (Lipinski definition) is 9. The van der Waals surface area contributed by atoms with Crippen molar-refractivity contribution in [3.05, 3.63) is 116 Å². The Morgan fingerprint density at radius 1 is 0.964 bits per heavy atom. The van der Waals surface area contributed by atoms with Crippen LogP contribution in [0, 0.1) is 35.2 Å². The third-order valence-corrected chi connectivity index (χ3v) is 11.2. The molecule has 3 aromatic carbocycles. The number of amides is 3. The highest BCUT2D eigenvalue weighted by Gasteiger charge is 2.41. The minimum Gasteiger partial charge on any atom is -0.376 e. The van der Waals surface area contributed by atoms with Gasteiger partial charge in [-0.05, 0) is 79.4 Å². The van der Waals surface area contributed by atoms with Gasteiger partial charge in [-0.15, -0.1) is 0 Å². The van der Waals surface area contributed by atoms with E-state index < -0.39 is 52.8 Å². The maximum absolute atomic E-state index is 15.3. The number of aromatic nitrogens is 5. The van der Waals surface area contributed by atoms with Crippen LogP contribution in [0.4, 0.5) is 18.9 Å². The number of fused-ring (bicyclic) bond motifs is 1. The average Bonchev–Trinajstić information content (AvgIpc) is 3.74. The van der Waals surface area contributed by atoms with Crippen LogP contribution in [0.3, 0.4) is 0 Å². The Morgan fingerprint density at radius 2 is 1.79 bits per heavy atom. The standard InChI is InChI=1S/C40H34F3N9O4/c1-50-37(44-19-45-50)34-35(46-29-16-25(41)15-26-33(29)36(34)48-49-38(26)54)23-4-5-27(42)22(14-23)3-2-20-8-10-51(11-9-20)17-21-12-24-18-52(40(56)32(24)28(43)13-21)30-6-7-31(53)47-39(30)55/h4-5,12-16,19-20,30,34-35,46H,6-11,17-18H2,1H3,(H,49,54)(H,47,53,55)/t30?,34-,35-/m1/s1. The summed E-state index contributed by atoms with van der Waals surface area (Å²) in [5.41, 5.74) is 2.38. The van der Waals surface area contributed by atoms with Crippen molar-refractivity contribution < 1.29 is 27.6 Å². The number of carbonyl (C=O) groups excluding carboxylic acids is 3. The number of likely N-dealkylation sites (tertiary alicyclic amines) is 1. The van der Waals surface area contributed by atoms with Gasteiger partial charge in [-0.2, -0.15) is 10.2 Å². The van der Waals surface area contributed by atoms with Crippen LogP contribution in [0.5, 0.6) is 0 Å². The van der Waals surface area contributed by atoms with Gasteiger partial charge in [0.1, 0.15) is 35.6 Å². The molecule has 4 aliphatic rings. The molecule has 56 heavy (non-hydrogen) atoms. The lowest BCUT2D eigenvalue weighted by molar-refractivity contribution is -0.136. The molecule has 9 rings (SSSR count). The first kappa shape index (κ1) is 35.4. The normalized spacial score (nSPS) is 21.1.